The normalized spacial score (nSPS) is 10.1. The van der Waals surface area contributed by atoms with E-state index in [1.54, 1.807) is 24.3 Å². The maximum Gasteiger partial charge on any atom is 0.315 e. The van der Waals surface area contributed by atoms with Gasteiger partial charge in [0.05, 0.1) is 11.4 Å². The molecule has 0 N–H and O–H groups in total. The number of hydrogen-bond acceptors (Lipinski definition) is 2. The largest absolute Gasteiger partial charge is 0.426 e. The Kier molecular flexibility index (Phi) is 3.95. The van der Waals surface area contributed by atoms with Crippen LogP contribution in [0.15, 0.2) is 48.5 Å². The summed E-state index contributed by atoms with van der Waals surface area (Å²) in [6.45, 7) is 0. The molecule has 2 rings (SSSR count). The molecule has 0 aliphatic rings. The molecule has 0 radical (unpaired) electrons. The van der Waals surface area contributed by atoms with Crippen molar-refractivity contribution in [3.05, 3.63) is 64.9 Å². The summed E-state index contributed by atoms with van der Waals surface area (Å²) in [5.41, 5.74) is 0.613. The lowest BCUT2D eigenvalue weighted by Gasteiger charge is -2.04. The molecule has 0 amide bonds. The molecule has 92 valence electrons. The zero-order chi connectivity index (χ0) is 13.0. The van der Waals surface area contributed by atoms with Crippen LogP contribution in [0.1, 0.15) is 5.56 Å². The Hall–Kier alpha value is -1.87. The number of esters is 1. The summed E-state index contributed by atoms with van der Waals surface area (Å²) >= 11 is 5.63. The van der Waals surface area contributed by atoms with E-state index in [-0.39, 0.29) is 11.4 Å². The van der Waals surface area contributed by atoms with Gasteiger partial charge in [-0.1, -0.05) is 35.9 Å². The van der Waals surface area contributed by atoms with Crippen LogP contribution in [0, 0.1) is 5.82 Å². The summed E-state index contributed by atoms with van der Waals surface area (Å²) in [4.78, 5) is 11.6. The van der Waals surface area contributed by atoms with Crippen LogP contribution in [0.25, 0.3) is 0 Å². The lowest BCUT2D eigenvalue weighted by molar-refractivity contribution is -0.133. The van der Waals surface area contributed by atoms with Crippen LogP contribution < -0.4 is 4.74 Å². The van der Waals surface area contributed by atoms with Crippen LogP contribution in [-0.4, -0.2) is 5.97 Å². The molecule has 0 atom stereocenters. The van der Waals surface area contributed by atoms with Gasteiger partial charge in [-0.2, -0.15) is 0 Å². The maximum absolute atomic E-state index is 12.9. The Bertz CT molecular complexity index is 555. The number of benzene rings is 2. The summed E-state index contributed by atoms with van der Waals surface area (Å²) in [6.07, 6.45) is 0.0505. The topological polar surface area (TPSA) is 26.3 Å². The first kappa shape index (κ1) is 12.6. The first-order chi connectivity index (χ1) is 8.65. The van der Waals surface area contributed by atoms with E-state index in [1.807, 2.05) is 6.07 Å². The van der Waals surface area contributed by atoms with Gasteiger partial charge in [-0.05, 0) is 29.8 Å². The van der Waals surface area contributed by atoms with Gasteiger partial charge in [0.25, 0.3) is 0 Å². The third-order valence-corrected chi connectivity index (χ3v) is 2.60. The molecule has 0 unspecified atom stereocenters. The number of rotatable bonds is 3. The quantitative estimate of drug-likeness (QED) is 0.625. The van der Waals surface area contributed by atoms with Gasteiger partial charge in [0.1, 0.15) is 11.6 Å². The van der Waals surface area contributed by atoms with Crippen molar-refractivity contribution in [1.29, 1.82) is 0 Å². The molecule has 0 saturated heterocycles. The van der Waals surface area contributed by atoms with Crippen molar-refractivity contribution in [3.8, 4) is 5.75 Å². The second-order valence-corrected chi connectivity index (χ2v) is 4.12. The van der Waals surface area contributed by atoms with Crippen LogP contribution in [0.3, 0.4) is 0 Å². The first-order valence-corrected chi connectivity index (χ1v) is 5.72. The van der Waals surface area contributed by atoms with Gasteiger partial charge in [-0.15, -0.1) is 0 Å². The van der Waals surface area contributed by atoms with E-state index in [1.165, 1.54) is 18.2 Å². The van der Waals surface area contributed by atoms with Crippen molar-refractivity contribution in [2.45, 2.75) is 6.42 Å². The molecule has 0 spiro atoms. The van der Waals surface area contributed by atoms with Gasteiger partial charge in [0.15, 0.2) is 0 Å². The smallest absolute Gasteiger partial charge is 0.315 e. The maximum atomic E-state index is 12.9. The lowest BCUT2D eigenvalue weighted by atomic mass is 10.1. The summed E-state index contributed by atoms with van der Waals surface area (Å²) in [6, 6.07) is 12.9. The molecule has 2 aromatic rings. The van der Waals surface area contributed by atoms with E-state index < -0.39 is 11.8 Å². The van der Waals surface area contributed by atoms with Crippen LogP contribution in [0.4, 0.5) is 4.39 Å². The van der Waals surface area contributed by atoms with E-state index in [2.05, 4.69) is 0 Å². The Labute approximate surface area is 109 Å². The fourth-order valence-electron chi connectivity index (χ4n) is 1.47. The molecule has 0 bridgehead atoms. The van der Waals surface area contributed by atoms with Gasteiger partial charge in [0.2, 0.25) is 0 Å². The molecule has 0 aliphatic heterocycles. The SMILES string of the molecule is O=C(Cc1ccc(F)c(Cl)c1)Oc1ccccc1. The molecule has 0 heterocycles. The van der Waals surface area contributed by atoms with Gasteiger partial charge in [-0.3, -0.25) is 4.79 Å². The van der Waals surface area contributed by atoms with Crippen LogP contribution in [-0.2, 0) is 11.2 Å². The fraction of sp³-hybridized carbons (Fsp3) is 0.0714. The molecule has 0 fully saturated rings. The average molecular weight is 265 g/mol. The van der Waals surface area contributed by atoms with Gasteiger partial charge in [0, 0.05) is 0 Å². The molecular weight excluding hydrogens is 255 g/mol. The van der Waals surface area contributed by atoms with Crippen molar-refractivity contribution in [2.24, 2.45) is 0 Å². The van der Waals surface area contributed by atoms with E-state index in [4.69, 9.17) is 16.3 Å². The molecule has 0 aromatic heterocycles. The third kappa shape index (κ3) is 3.31. The molecule has 2 aromatic carbocycles. The first-order valence-electron chi connectivity index (χ1n) is 5.35. The van der Waals surface area contributed by atoms with Crippen molar-refractivity contribution in [2.75, 3.05) is 0 Å². The number of para-hydroxylation sites is 1. The molecule has 4 heteroatoms. The predicted octanol–water partition coefficient (Wildman–Crippen LogP) is 3.63. The highest BCUT2D eigenvalue weighted by Crippen LogP contribution is 2.17. The number of carbonyl (C=O) groups is 1. The van der Waals surface area contributed by atoms with Crippen LogP contribution in [0.2, 0.25) is 5.02 Å². The molecule has 2 nitrogen and oxygen atoms in total. The zero-order valence-corrected chi connectivity index (χ0v) is 10.2. The van der Waals surface area contributed by atoms with Gasteiger partial charge >= 0.3 is 5.97 Å². The monoisotopic (exact) mass is 264 g/mol. The van der Waals surface area contributed by atoms with E-state index in [0.717, 1.165) is 0 Å². The minimum atomic E-state index is -0.503. The van der Waals surface area contributed by atoms with E-state index in [0.29, 0.717) is 11.3 Å². The molecule has 0 saturated carbocycles. The average Bonchev–Trinajstić information content (AvgIpc) is 2.35. The number of halogens is 2. The zero-order valence-electron chi connectivity index (χ0n) is 9.40. The molecule has 0 aliphatic carbocycles. The Morgan fingerprint density at radius 2 is 1.89 bits per heavy atom. The highest BCUT2D eigenvalue weighted by Gasteiger charge is 2.08. The number of carbonyl (C=O) groups excluding carboxylic acids is 1. The summed E-state index contributed by atoms with van der Waals surface area (Å²) in [7, 11) is 0. The minimum absolute atomic E-state index is 0.0000103. The Balaban J connectivity index is 2.01. The molecular formula is C14H10ClFO2. The summed E-state index contributed by atoms with van der Waals surface area (Å²) < 4.78 is 18.0. The van der Waals surface area contributed by atoms with Crippen molar-refractivity contribution in [1.82, 2.24) is 0 Å². The van der Waals surface area contributed by atoms with Crippen LogP contribution in [0.5, 0.6) is 5.75 Å². The lowest BCUT2D eigenvalue weighted by Crippen LogP contribution is -2.11. The standard InChI is InChI=1S/C14H10ClFO2/c15-12-8-10(6-7-13(12)16)9-14(17)18-11-4-2-1-3-5-11/h1-8H,9H2. The highest BCUT2D eigenvalue weighted by molar-refractivity contribution is 6.30. The third-order valence-electron chi connectivity index (χ3n) is 2.31. The van der Waals surface area contributed by atoms with Gasteiger partial charge in [-0.25, -0.2) is 4.39 Å². The Morgan fingerprint density at radius 3 is 2.56 bits per heavy atom. The van der Waals surface area contributed by atoms with Crippen molar-refractivity contribution >= 4 is 17.6 Å². The second-order valence-electron chi connectivity index (χ2n) is 3.71. The fourth-order valence-corrected chi connectivity index (χ4v) is 1.68. The number of ether oxygens (including phenoxy) is 1. The van der Waals surface area contributed by atoms with Crippen LogP contribution >= 0.6 is 11.6 Å². The number of hydrogen-bond donors (Lipinski definition) is 0. The van der Waals surface area contributed by atoms with Crippen molar-refractivity contribution < 1.29 is 13.9 Å². The molecule has 18 heavy (non-hydrogen) atoms. The van der Waals surface area contributed by atoms with E-state index in [9.17, 15) is 9.18 Å². The summed E-state index contributed by atoms with van der Waals surface area (Å²) in [5.74, 6) is -0.434. The highest BCUT2D eigenvalue weighted by atomic mass is 35.5. The minimum Gasteiger partial charge on any atom is -0.426 e. The Morgan fingerprint density at radius 1 is 1.17 bits per heavy atom. The van der Waals surface area contributed by atoms with E-state index >= 15 is 0 Å². The predicted molar refractivity (Wildman–Crippen MR) is 67.2 cm³/mol. The summed E-state index contributed by atoms with van der Waals surface area (Å²) in [5, 5.41) is 0.0000103. The second kappa shape index (κ2) is 5.65. The van der Waals surface area contributed by atoms with Gasteiger partial charge < -0.3 is 4.74 Å². The van der Waals surface area contributed by atoms with Crippen molar-refractivity contribution in [3.63, 3.8) is 0 Å².